The Labute approximate surface area is 148 Å². The van der Waals surface area contributed by atoms with Crippen LogP contribution in [0, 0.1) is 6.92 Å². The van der Waals surface area contributed by atoms with E-state index >= 15 is 0 Å². The molecule has 1 saturated heterocycles. The number of aryl methyl sites for hydroxylation is 1. The predicted molar refractivity (Wildman–Crippen MR) is 97.2 cm³/mol. The first-order valence-corrected chi connectivity index (χ1v) is 8.99. The minimum atomic E-state index is -0.315. The smallest absolute Gasteiger partial charge is 0.245 e. The number of carbonyl (C=O) groups excluding carboxylic acids is 2. The maximum atomic E-state index is 12.9. The molecule has 0 radical (unpaired) electrons. The molecule has 1 aromatic heterocycles. The van der Waals surface area contributed by atoms with E-state index in [1.807, 2.05) is 32.2 Å². The van der Waals surface area contributed by atoms with Crippen LogP contribution in [0.2, 0.25) is 0 Å². The van der Waals surface area contributed by atoms with Gasteiger partial charge in [0.15, 0.2) is 0 Å². The predicted octanol–water partition coefficient (Wildman–Crippen LogP) is 2.27. The van der Waals surface area contributed by atoms with E-state index in [0.29, 0.717) is 19.5 Å². The molecule has 1 aromatic carbocycles. The normalized spacial score (nSPS) is 18.2. The van der Waals surface area contributed by atoms with Crippen LogP contribution in [-0.2, 0) is 16.0 Å². The average molecular weight is 342 g/mol. The molecule has 25 heavy (non-hydrogen) atoms. The van der Waals surface area contributed by atoms with Crippen LogP contribution in [0.4, 0.5) is 0 Å². The van der Waals surface area contributed by atoms with E-state index in [0.717, 1.165) is 41.7 Å². The van der Waals surface area contributed by atoms with Crippen LogP contribution in [0.25, 0.3) is 11.0 Å². The summed E-state index contributed by atoms with van der Waals surface area (Å²) in [6, 6.07) is 5.54. The molecule has 0 bridgehead atoms. The summed E-state index contributed by atoms with van der Waals surface area (Å²) in [5, 5.41) is 0. The van der Waals surface area contributed by atoms with Crippen molar-refractivity contribution in [2.45, 2.75) is 45.6 Å². The molecule has 6 heteroatoms. The molecule has 1 N–H and O–H groups in total. The van der Waals surface area contributed by atoms with Gasteiger partial charge in [-0.25, -0.2) is 4.98 Å². The maximum absolute atomic E-state index is 12.9. The standard InChI is InChI=1S/C19H26N4O2/c1-4-5-6-17-19(25)22(3)9-10-23(17)18(24)12-14-7-8-15-16(11-14)21-13(2)20-15/h7-8,11,17H,4-6,9-10,12H2,1-3H3,(H,20,21)/t17-/m0/s1. The van der Waals surface area contributed by atoms with E-state index in [1.54, 1.807) is 9.80 Å². The quantitative estimate of drug-likeness (QED) is 0.906. The van der Waals surface area contributed by atoms with Crippen LogP contribution in [0.5, 0.6) is 0 Å². The molecule has 0 unspecified atom stereocenters. The molecular weight excluding hydrogens is 316 g/mol. The van der Waals surface area contributed by atoms with Crippen molar-refractivity contribution in [2.75, 3.05) is 20.1 Å². The largest absolute Gasteiger partial charge is 0.342 e. The second kappa shape index (κ2) is 7.25. The van der Waals surface area contributed by atoms with Crippen molar-refractivity contribution in [2.24, 2.45) is 0 Å². The van der Waals surface area contributed by atoms with Gasteiger partial charge in [0, 0.05) is 20.1 Å². The zero-order chi connectivity index (χ0) is 18.0. The van der Waals surface area contributed by atoms with Gasteiger partial charge in [-0.3, -0.25) is 9.59 Å². The first-order chi connectivity index (χ1) is 12.0. The number of hydrogen-bond donors (Lipinski definition) is 1. The minimum absolute atomic E-state index is 0.0261. The zero-order valence-corrected chi connectivity index (χ0v) is 15.2. The summed E-state index contributed by atoms with van der Waals surface area (Å²) in [6.07, 6.45) is 3.02. The molecule has 1 fully saturated rings. The van der Waals surface area contributed by atoms with Crippen molar-refractivity contribution in [3.8, 4) is 0 Å². The number of aromatic amines is 1. The fourth-order valence-corrected chi connectivity index (χ4v) is 3.46. The minimum Gasteiger partial charge on any atom is -0.342 e. The van der Waals surface area contributed by atoms with Crippen molar-refractivity contribution in [1.29, 1.82) is 0 Å². The van der Waals surface area contributed by atoms with Gasteiger partial charge in [0.2, 0.25) is 11.8 Å². The lowest BCUT2D eigenvalue weighted by molar-refractivity contribution is -0.150. The van der Waals surface area contributed by atoms with Crippen molar-refractivity contribution < 1.29 is 9.59 Å². The lowest BCUT2D eigenvalue weighted by Crippen LogP contribution is -2.57. The number of piperazine rings is 1. The van der Waals surface area contributed by atoms with Gasteiger partial charge in [-0.05, 0) is 31.0 Å². The third kappa shape index (κ3) is 3.67. The molecule has 0 spiro atoms. The number of hydrogen-bond acceptors (Lipinski definition) is 3. The number of unbranched alkanes of at least 4 members (excludes halogenated alkanes) is 1. The molecule has 6 nitrogen and oxygen atoms in total. The van der Waals surface area contributed by atoms with E-state index in [2.05, 4.69) is 16.9 Å². The molecule has 0 aliphatic carbocycles. The first kappa shape index (κ1) is 17.5. The first-order valence-electron chi connectivity index (χ1n) is 8.99. The zero-order valence-electron chi connectivity index (χ0n) is 15.2. The van der Waals surface area contributed by atoms with Crippen LogP contribution in [0.1, 0.15) is 37.6 Å². The molecule has 2 heterocycles. The number of H-pyrrole nitrogens is 1. The van der Waals surface area contributed by atoms with Crippen LogP contribution in [-0.4, -0.2) is 57.8 Å². The van der Waals surface area contributed by atoms with Gasteiger partial charge in [-0.15, -0.1) is 0 Å². The number of amides is 2. The van der Waals surface area contributed by atoms with Gasteiger partial charge in [-0.2, -0.15) is 0 Å². The van der Waals surface area contributed by atoms with Crippen LogP contribution < -0.4 is 0 Å². The highest BCUT2D eigenvalue weighted by molar-refractivity contribution is 5.90. The summed E-state index contributed by atoms with van der Waals surface area (Å²) in [6.45, 7) is 5.23. The Balaban J connectivity index is 1.76. The van der Waals surface area contributed by atoms with Gasteiger partial charge >= 0.3 is 0 Å². The fraction of sp³-hybridized carbons (Fsp3) is 0.526. The lowest BCUT2D eigenvalue weighted by atomic mass is 10.0. The number of nitrogens with one attached hydrogen (secondary N) is 1. The topological polar surface area (TPSA) is 69.3 Å². The van der Waals surface area contributed by atoms with E-state index in [4.69, 9.17) is 0 Å². The molecule has 3 rings (SSSR count). The Hall–Kier alpha value is -2.37. The molecule has 2 aromatic rings. The van der Waals surface area contributed by atoms with Gasteiger partial charge < -0.3 is 14.8 Å². The Morgan fingerprint density at radius 1 is 1.36 bits per heavy atom. The van der Waals surface area contributed by atoms with E-state index in [1.165, 1.54) is 0 Å². The summed E-state index contributed by atoms with van der Waals surface area (Å²) in [5.74, 6) is 0.952. The van der Waals surface area contributed by atoms with Crippen molar-refractivity contribution >= 4 is 22.8 Å². The number of aromatic nitrogens is 2. The monoisotopic (exact) mass is 342 g/mol. The number of fused-ring (bicyclic) bond motifs is 1. The maximum Gasteiger partial charge on any atom is 0.245 e. The number of benzene rings is 1. The van der Waals surface area contributed by atoms with E-state index < -0.39 is 0 Å². The lowest BCUT2D eigenvalue weighted by Gasteiger charge is -2.39. The number of carbonyl (C=O) groups is 2. The molecule has 1 aliphatic heterocycles. The van der Waals surface area contributed by atoms with Crippen molar-refractivity contribution in [3.63, 3.8) is 0 Å². The second-order valence-corrected chi connectivity index (χ2v) is 6.86. The van der Waals surface area contributed by atoms with Crippen LogP contribution >= 0.6 is 0 Å². The van der Waals surface area contributed by atoms with Crippen molar-refractivity contribution in [3.05, 3.63) is 29.6 Å². The molecule has 0 saturated carbocycles. The van der Waals surface area contributed by atoms with E-state index in [-0.39, 0.29) is 17.9 Å². The van der Waals surface area contributed by atoms with Crippen molar-refractivity contribution in [1.82, 2.24) is 19.8 Å². The highest BCUT2D eigenvalue weighted by Crippen LogP contribution is 2.19. The number of nitrogens with zero attached hydrogens (tertiary/aromatic N) is 3. The van der Waals surface area contributed by atoms with Gasteiger partial charge in [0.25, 0.3) is 0 Å². The Kier molecular flexibility index (Phi) is 5.06. The van der Waals surface area contributed by atoms with E-state index in [9.17, 15) is 9.59 Å². The summed E-state index contributed by atoms with van der Waals surface area (Å²) in [5.41, 5.74) is 2.80. The number of likely N-dealkylation sites (N-methyl/N-ethyl adjacent to an activating group) is 1. The molecular formula is C19H26N4O2. The summed E-state index contributed by atoms with van der Waals surface area (Å²) in [7, 11) is 1.82. The second-order valence-electron chi connectivity index (χ2n) is 6.86. The van der Waals surface area contributed by atoms with Crippen LogP contribution in [0.15, 0.2) is 18.2 Å². The molecule has 1 atom stereocenters. The molecule has 2 amide bonds. The van der Waals surface area contributed by atoms with Crippen LogP contribution in [0.3, 0.4) is 0 Å². The highest BCUT2D eigenvalue weighted by atomic mass is 16.2. The van der Waals surface area contributed by atoms with Gasteiger partial charge in [0.1, 0.15) is 11.9 Å². The Bertz CT molecular complexity index is 783. The fourth-order valence-electron chi connectivity index (χ4n) is 3.46. The number of rotatable bonds is 5. The summed E-state index contributed by atoms with van der Waals surface area (Å²) in [4.78, 5) is 36.5. The average Bonchev–Trinajstić information content (AvgIpc) is 2.95. The SMILES string of the molecule is CCCC[C@H]1C(=O)N(C)CCN1C(=O)Cc1ccc2nc(C)[nH]c2c1. The van der Waals surface area contributed by atoms with Gasteiger partial charge in [-0.1, -0.05) is 25.8 Å². The molecule has 1 aliphatic rings. The number of imidazole rings is 1. The third-order valence-electron chi connectivity index (χ3n) is 4.89. The van der Waals surface area contributed by atoms with Gasteiger partial charge in [0.05, 0.1) is 17.5 Å². The molecule has 134 valence electrons. The third-order valence-corrected chi connectivity index (χ3v) is 4.89. The summed E-state index contributed by atoms with van der Waals surface area (Å²) >= 11 is 0. The highest BCUT2D eigenvalue weighted by Gasteiger charge is 2.35. The Morgan fingerprint density at radius 2 is 2.16 bits per heavy atom. The Morgan fingerprint density at radius 3 is 2.92 bits per heavy atom. The summed E-state index contributed by atoms with van der Waals surface area (Å²) < 4.78 is 0.